The van der Waals surface area contributed by atoms with Gasteiger partial charge in [-0.2, -0.15) is 0 Å². The van der Waals surface area contributed by atoms with Crippen LogP contribution in [0.4, 0.5) is 4.39 Å². The minimum atomic E-state index is -3.26. The molecule has 1 saturated heterocycles. The molecule has 0 radical (unpaired) electrons. The number of halogens is 1. The van der Waals surface area contributed by atoms with Crippen LogP contribution in [0.5, 0.6) is 0 Å². The monoisotopic (exact) mass is 290 g/mol. The molecule has 0 saturated carbocycles. The largest absolute Gasteiger partial charge is 0.394 e. The molecule has 20 heavy (non-hydrogen) atoms. The van der Waals surface area contributed by atoms with E-state index in [-0.39, 0.29) is 6.54 Å². The number of aliphatic hydroxyl groups is 3. The maximum absolute atomic E-state index is 14.1. The van der Waals surface area contributed by atoms with E-state index in [0.29, 0.717) is 4.57 Å². The Hall–Kier alpha value is -1.55. The molecule has 3 N–H and O–H groups in total. The van der Waals surface area contributed by atoms with Crippen molar-refractivity contribution in [2.75, 3.05) is 6.61 Å². The van der Waals surface area contributed by atoms with Gasteiger partial charge in [-0.15, -0.1) is 0 Å². The molecule has 0 aromatic carbocycles. The van der Waals surface area contributed by atoms with Crippen LogP contribution >= 0.6 is 0 Å². The SMILES string of the molecule is CCn1c(=O)ccn([C@H]2O[C@H](CO)[C@@H](O)[C@@]2(O)F)c1=O. The fraction of sp³-hybridized carbons (Fsp3) is 0.636. The third-order valence-electron chi connectivity index (χ3n) is 3.26. The molecule has 1 aliphatic rings. The molecule has 4 atom stereocenters. The van der Waals surface area contributed by atoms with Crippen LogP contribution in [-0.2, 0) is 11.3 Å². The third kappa shape index (κ3) is 2.08. The van der Waals surface area contributed by atoms with Gasteiger partial charge in [-0.05, 0) is 6.92 Å². The minimum Gasteiger partial charge on any atom is -0.394 e. The number of rotatable bonds is 3. The summed E-state index contributed by atoms with van der Waals surface area (Å²) in [6, 6.07) is 1.02. The van der Waals surface area contributed by atoms with Crippen molar-refractivity contribution in [3.05, 3.63) is 33.1 Å². The fourth-order valence-electron chi connectivity index (χ4n) is 2.15. The van der Waals surface area contributed by atoms with E-state index >= 15 is 0 Å². The highest BCUT2D eigenvalue weighted by Crippen LogP contribution is 2.38. The zero-order chi connectivity index (χ0) is 15.1. The Morgan fingerprint density at radius 3 is 2.65 bits per heavy atom. The van der Waals surface area contributed by atoms with Gasteiger partial charge in [0.25, 0.3) is 11.4 Å². The molecular weight excluding hydrogens is 275 g/mol. The van der Waals surface area contributed by atoms with Gasteiger partial charge < -0.3 is 20.1 Å². The Morgan fingerprint density at radius 1 is 1.50 bits per heavy atom. The first-order valence-electron chi connectivity index (χ1n) is 6.02. The van der Waals surface area contributed by atoms with Crippen molar-refractivity contribution in [3.63, 3.8) is 0 Å². The second-order valence-electron chi connectivity index (χ2n) is 4.47. The number of aromatic nitrogens is 2. The quantitative estimate of drug-likeness (QED) is 0.590. The van der Waals surface area contributed by atoms with Crippen molar-refractivity contribution in [1.29, 1.82) is 0 Å². The second kappa shape index (κ2) is 5.09. The summed E-state index contributed by atoms with van der Waals surface area (Å²) in [5.41, 5.74) is -1.46. The molecule has 1 aliphatic heterocycles. The molecule has 112 valence electrons. The lowest BCUT2D eigenvalue weighted by Crippen LogP contribution is -2.47. The van der Waals surface area contributed by atoms with E-state index in [4.69, 9.17) is 9.84 Å². The zero-order valence-electron chi connectivity index (χ0n) is 10.6. The van der Waals surface area contributed by atoms with E-state index in [0.717, 1.165) is 16.8 Å². The molecule has 1 aromatic heterocycles. The number of aliphatic hydroxyl groups excluding tert-OH is 2. The molecule has 0 aliphatic carbocycles. The van der Waals surface area contributed by atoms with Gasteiger partial charge in [0.2, 0.25) is 0 Å². The first kappa shape index (κ1) is 14.9. The minimum absolute atomic E-state index is 0.0575. The summed E-state index contributed by atoms with van der Waals surface area (Å²) in [6.45, 7) is 0.879. The van der Waals surface area contributed by atoms with Gasteiger partial charge in [-0.25, -0.2) is 9.18 Å². The molecule has 1 aromatic rings. The second-order valence-corrected chi connectivity index (χ2v) is 4.47. The smallest absolute Gasteiger partial charge is 0.333 e. The Morgan fingerprint density at radius 2 is 2.15 bits per heavy atom. The molecule has 2 rings (SSSR count). The van der Waals surface area contributed by atoms with Gasteiger partial charge in [0.05, 0.1) is 6.61 Å². The Labute approximate surface area is 112 Å². The van der Waals surface area contributed by atoms with Crippen molar-refractivity contribution in [1.82, 2.24) is 9.13 Å². The molecule has 1 fully saturated rings. The summed E-state index contributed by atoms with van der Waals surface area (Å²) in [4.78, 5) is 23.5. The van der Waals surface area contributed by atoms with Crippen molar-refractivity contribution >= 4 is 0 Å². The first-order valence-corrected chi connectivity index (χ1v) is 6.02. The number of alkyl halides is 1. The van der Waals surface area contributed by atoms with Gasteiger partial charge in [-0.3, -0.25) is 13.9 Å². The summed E-state index contributed by atoms with van der Waals surface area (Å²) in [7, 11) is 0. The summed E-state index contributed by atoms with van der Waals surface area (Å²) < 4.78 is 20.6. The van der Waals surface area contributed by atoms with E-state index < -0.39 is 42.1 Å². The lowest BCUT2D eigenvalue weighted by Gasteiger charge is -2.23. The lowest BCUT2D eigenvalue weighted by molar-refractivity contribution is -0.197. The van der Waals surface area contributed by atoms with Crippen molar-refractivity contribution in [2.45, 2.75) is 37.8 Å². The number of hydrogen-bond donors (Lipinski definition) is 3. The summed E-state index contributed by atoms with van der Waals surface area (Å²) in [5.74, 6) is -3.26. The van der Waals surface area contributed by atoms with Gasteiger partial charge in [0.1, 0.15) is 12.2 Å². The average Bonchev–Trinajstić information content (AvgIpc) is 2.62. The molecular formula is C11H15FN2O6. The number of nitrogens with zero attached hydrogens (tertiary/aromatic N) is 2. The van der Waals surface area contributed by atoms with Crippen LogP contribution in [0.15, 0.2) is 21.9 Å². The van der Waals surface area contributed by atoms with Gasteiger partial charge in [0, 0.05) is 18.8 Å². The van der Waals surface area contributed by atoms with Crippen LogP contribution in [0.2, 0.25) is 0 Å². The highest BCUT2D eigenvalue weighted by Gasteiger charge is 2.57. The van der Waals surface area contributed by atoms with Crippen LogP contribution < -0.4 is 11.2 Å². The Balaban J connectivity index is 2.53. The molecule has 0 spiro atoms. The van der Waals surface area contributed by atoms with Gasteiger partial charge in [0.15, 0.2) is 6.23 Å². The molecule has 0 amide bonds. The molecule has 0 bridgehead atoms. The van der Waals surface area contributed by atoms with E-state index in [1.165, 1.54) is 0 Å². The van der Waals surface area contributed by atoms with Crippen LogP contribution in [0.3, 0.4) is 0 Å². The summed E-state index contributed by atoms with van der Waals surface area (Å²) in [5, 5.41) is 28.1. The fourth-order valence-corrected chi connectivity index (χ4v) is 2.15. The topological polar surface area (TPSA) is 114 Å². The lowest BCUT2D eigenvalue weighted by atomic mass is 10.1. The van der Waals surface area contributed by atoms with Gasteiger partial charge in [-0.1, -0.05) is 0 Å². The van der Waals surface area contributed by atoms with E-state index in [9.17, 15) is 24.2 Å². The van der Waals surface area contributed by atoms with Crippen LogP contribution in [-0.4, -0.2) is 49.1 Å². The molecule has 8 nitrogen and oxygen atoms in total. The van der Waals surface area contributed by atoms with Crippen molar-refractivity contribution < 1.29 is 24.4 Å². The normalized spacial score (nSPS) is 33.5. The van der Waals surface area contributed by atoms with Crippen molar-refractivity contribution in [3.8, 4) is 0 Å². The highest BCUT2D eigenvalue weighted by atomic mass is 19.2. The van der Waals surface area contributed by atoms with Crippen LogP contribution in [0.25, 0.3) is 0 Å². The molecule has 9 heteroatoms. The predicted octanol–water partition coefficient (Wildman–Crippen LogP) is -2.06. The maximum Gasteiger partial charge on any atom is 0.333 e. The number of ether oxygens (including phenoxy) is 1. The van der Waals surface area contributed by atoms with Crippen LogP contribution in [0.1, 0.15) is 13.2 Å². The average molecular weight is 290 g/mol. The third-order valence-corrected chi connectivity index (χ3v) is 3.26. The van der Waals surface area contributed by atoms with Crippen LogP contribution in [0, 0.1) is 0 Å². The van der Waals surface area contributed by atoms with Crippen molar-refractivity contribution in [2.24, 2.45) is 0 Å². The molecule has 0 unspecified atom stereocenters. The summed E-state index contributed by atoms with van der Waals surface area (Å²) in [6.07, 6.45) is -4.26. The standard InChI is InChI=1S/C11H15FN2O6/c1-2-13-7(16)3-4-14(10(13)18)9-11(12,19)8(17)6(5-15)20-9/h3-4,6,8-9,15,17,19H,2,5H2,1H3/t6-,8-,9+,11+/m1/s1. The molecule has 2 heterocycles. The van der Waals surface area contributed by atoms with E-state index in [2.05, 4.69) is 0 Å². The predicted molar refractivity (Wildman–Crippen MR) is 63.7 cm³/mol. The summed E-state index contributed by atoms with van der Waals surface area (Å²) >= 11 is 0. The zero-order valence-corrected chi connectivity index (χ0v) is 10.6. The highest BCUT2D eigenvalue weighted by molar-refractivity contribution is 4.98. The van der Waals surface area contributed by atoms with E-state index in [1.54, 1.807) is 6.92 Å². The Bertz CT molecular complexity index is 610. The first-order chi connectivity index (χ1) is 9.34. The van der Waals surface area contributed by atoms with Gasteiger partial charge >= 0.3 is 5.69 Å². The number of hydrogen-bond acceptors (Lipinski definition) is 6. The maximum atomic E-state index is 14.1. The Kier molecular flexibility index (Phi) is 3.78. The van der Waals surface area contributed by atoms with E-state index in [1.807, 2.05) is 0 Å².